The first-order chi connectivity index (χ1) is 11.5. The SMILES string of the molecule is Nc1nc(C(=O)NCc2cc(Cl)cc(Cl)c2)c(O)c2ncccc12. The monoisotopic (exact) mass is 362 g/mol. The van der Waals surface area contributed by atoms with Crippen LogP contribution in [0.1, 0.15) is 16.1 Å². The van der Waals surface area contributed by atoms with Gasteiger partial charge in [-0.1, -0.05) is 23.2 Å². The molecule has 0 saturated carbocycles. The number of nitrogens with zero attached hydrogens (tertiary/aromatic N) is 2. The summed E-state index contributed by atoms with van der Waals surface area (Å²) in [6, 6.07) is 8.29. The number of nitrogens with one attached hydrogen (secondary N) is 1. The van der Waals surface area contributed by atoms with E-state index in [4.69, 9.17) is 28.9 Å². The highest BCUT2D eigenvalue weighted by Gasteiger charge is 2.18. The number of hydrogen-bond donors (Lipinski definition) is 3. The second-order valence-electron chi connectivity index (χ2n) is 5.05. The zero-order valence-corrected chi connectivity index (χ0v) is 13.8. The smallest absolute Gasteiger partial charge is 0.274 e. The van der Waals surface area contributed by atoms with Crippen molar-refractivity contribution in [2.45, 2.75) is 6.54 Å². The van der Waals surface area contributed by atoms with E-state index in [1.165, 1.54) is 6.20 Å². The van der Waals surface area contributed by atoms with Crippen LogP contribution in [0.15, 0.2) is 36.5 Å². The lowest BCUT2D eigenvalue weighted by Gasteiger charge is -2.10. The maximum absolute atomic E-state index is 12.3. The van der Waals surface area contributed by atoms with E-state index >= 15 is 0 Å². The van der Waals surface area contributed by atoms with Gasteiger partial charge in [-0.15, -0.1) is 0 Å². The van der Waals surface area contributed by atoms with Gasteiger partial charge in [-0.05, 0) is 35.9 Å². The molecule has 3 rings (SSSR count). The fraction of sp³-hybridized carbons (Fsp3) is 0.0625. The molecule has 0 spiro atoms. The highest BCUT2D eigenvalue weighted by atomic mass is 35.5. The van der Waals surface area contributed by atoms with Crippen molar-refractivity contribution in [2.75, 3.05) is 5.73 Å². The minimum Gasteiger partial charge on any atom is -0.504 e. The number of carbonyl (C=O) groups excluding carboxylic acids is 1. The van der Waals surface area contributed by atoms with Gasteiger partial charge in [-0.3, -0.25) is 9.78 Å². The lowest BCUT2D eigenvalue weighted by atomic mass is 10.2. The summed E-state index contributed by atoms with van der Waals surface area (Å²) in [7, 11) is 0. The lowest BCUT2D eigenvalue weighted by Crippen LogP contribution is -2.24. The van der Waals surface area contributed by atoms with E-state index in [-0.39, 0.29) is 29.3 Å². The van der Waals surface area contributed by atoms with E-state index in [1.807, 2.05) is 0 Å². The van der Waals surface area contributed by atoms with E-state index in [0.717, 1.165) is 0 Å². The molecule has 0 radical (unpaired) electrons. The van der Waals surface area contributed by atoms with Gasteiger partial charge in [-0.2, -0.15) is 0 Å². The van der Waals surface area contributed by atoms with Crippen LogP contribution in [0.4, 0.5) is 5.82 Å². The average molecular weight is 363 g/mol. The Kier molecular flexibility index (Phi) is 4.42. The first kappa shape index (κ1) is 16.3. The van der Waals surface area contributed by atoms with Crippen LogP contribution < -0.4 is 11.1 Å². The summed E-state index contributed by atoms with van der Waals surface area (Å²) in [5, 5.41) is 14.3. The zero-order chi connectivity index (χ0) is 17.3. The number of nitrogen functional groups attached to an aromatic ring is 1. The highest BCUT2D eigenvalue weighted by Crippen LogP contribution is 2.28. The van der Waals surface area contributed by atoms with Crippen LogP contribution in [0, 0.1) is 0 Å². The largest absolute Gasteiger partial charge is 0.504 e. The Hall–Kier alpha value is -2.57. The number of rotatable bonds is 3. The Balaban J connectivity index is 1.87. The predicted octanol–water partition coefficient (Wildman–Crippen LogP) is 3.15. The van der Waals surface area contributed by atoms with Crippen molar-refractivity contribution in [3.8, 4) is 5.75 Å². The molecule has 122 valence electrons. The Morgan fingerprint density at radius 3 is 2.67 bits per heavy atom. The Bertz CT molecular complexity index is 927. The summed E-state index contributed by atoms with van der Waals surface area (Å²) in [4.78, 5) is 20.3. The van der Waals surface area contributed by atoms with Crippen LogP contribution in [0.5, 0.6) is 5.75 Å². The maximum Gasteiger partial charge on any atom is 0.274 e. The molecule has 0 aliphatic carbocycles. The fourth-order valence-corrected chi connectivity index (χ4v) is 2.86. The van der Waals surface area contributed by atoms with E-state index in [2.05, 4.69) is 15.3 Å². The van der Waals surface area contributed by atoms with Gasteiger partial charge in [0.05, 0.1) is 0 Å². The van der Waals surface area contributed by atoms with Gasteiger partial charge in [0, 0.05) is 28.2 Å². The van der Waals surface area contributed by atoms with Crippen molar-refractivity contribution in [3.63, 3.8) is 0 Å². The fourth-order valence-electron chi connectivity index (χ4n) is 2.28. The standard InChI is InChI=1S/C16H12Cl2N4O2/c17-9-4-8(5-10(18)6-9)7-21-16(24)13-14(23)12-11(15(19)22-13)2-1-3-20-12/h1-6,23H,7H2,(H2,19,22)(H,21,24). The number of carbonyl (C=O) groups is 1. The minimum absolute atomic E-state index is 0.117. The number of benzene rings is 1. The molecule has 2 heterocycles. The molecule has 0 unspecified atom stereocenters. The molecule has 1 aromatic carbocycles. The van der Waals surface area contributed by atoms with Crippen molar-refractivity contribution in [3.05, 3.63) is 57.8 Å². The Labute approximate surface area is 147 Å². The van der Waals surface area contributed by atoms with E-state index < -0.39 is 5.91 Å². The van der Waals surface area contributed by atoms with Crippen LogP contribution in [-0.2, 0) is 6.54 Å². The third-order valence-corrected chi connectivity index (χ3v) is 3.79. The first-order valence-electron chi connectivity index (χ1n) is 6.92. The molecule has 4 N–H and O–H groups in total. The first-order valence-corrected chi connectivity index (χ1v) is 7.67. The van der Waals surface area contributed by atoms with Crippen molar-refractivity contribution in [1.82, 2.24) is 15.3 Å². The normalized spacial score (nSPS) is 10.8. The molecular formula is C16H12Cl2N4O2. The predicted molar refractivity (Wildman–Crippen MR) is 93.2 cm³/mol. The molecule has 0 fully saturated rings. The van der Waals surface area contributed by atoms with Crippen LogP contribution in [-0.4, -0.2) is 21.0 Å². The Morgan fingerprint density at radius 2 is 1.96 bits per heavy atom. The van der Waals surface area contributed by atoms with Gasteiger partial charge < -0.3 is 16.2 Å². The van der Waals surface area contributed by atoms with Crippen molar-refractivity contribution in [2.24, 2.45) is 0 Å². The number of fused-ring (bicyclic) bond motifs is 1. The molecule has 0 atom stereocenters. The number of anilines is 1. The number of nitrogens with two attached hydrogens (primary N) is 1. The number of halogens is 2. The topological polar surface area (TPSA) is 101 Å². The van der Waals surface area contributed by atoms with E-state index in [9.17, 15) is 9.90 Å². The number of aromatic hydroxyl groups is 1. The molecule has 2 aromatic heterocycles. The quantitative estimate of drug-likeness (QED) is 0.664. The number of amides is 1. The molecular weight excluding hydrogens is 351 g/mol. The third kappa shape index (κ3) is 3.20. The van der Waals surface area contributed by atoms with Crippen LogP contribution >= 0.6 is 23.2 Å². The highest BCUT2D eigenvalue weighted by molar-refractivity contribution is 6.34. The second-order valence-corrected chi connectivity index (χ2v) is 5.93. The lowest BCUT2D eigenvalue weighted by molar-refractivity contribution is 0.0943. The number of hydrogen-bond acceptors (Lipinski definition) is 5. The van der Waals surface area contributed by atoms with Crippen molar-refractivity contribution in [1.29, 1.82) is 0 Å². The summed E-state index contributed by atoms with van der Waals surface area (Å²) >= 11 is 11.8. The minimum atomic E-state index is -0.581. The zero-order valence-electron chi connectivity index (χ0n) is 12.3. The van der Waals surface area contributed by atoms with Gasteiger partial charge >= 0.3 is 0 Å². The summed E-state index contributed by atoms with van der Waals surface area (Å²) in [5.41, 5.74) is 6.58. The molecule has 8 heteroatoms. The summed E-state index contributed by atoms with van der Waals surface area (Å²) in [5.74, 6) is -0.781. The molecule has 24 heavy (non-hydrogen) atoms. The van der Waals surface area contributed by atoms with Crippen LogP contribution in [0.25, 0.3) is 10.9 Å². The number of aromatic nitrogens is 2. The summed E-state index contributed by atoms with van der Waals surface area (Å²) < 4.78 is 0. The van der Waals surface area contributed by atoms with Crippen LogP contribution in [0.2, 0.25) is 10.0 Å². The van der Waals surface area contributed by atoms with Crippen molar-refractivity contribution >= 4 is 45.8 Å². The molecule has 6 nitrogen and oxygen atoms in total. The third-order valence-electron chi connectivity index (χ3n) is 3.36. The van der Waals surface area contributed by atoms with Gasteiger partial charge in [0.1, 0.15) is 11.3 Å². The summed E-state index contributed by atoms with van der Waals surface area (Å²) in [6.07, 6.45) is 1.50. The average Bonchev–Trinajstić information content (AvgIpc) is 2.55. The van der Waals surface area contributed by atoms with E-state index in [0.29, 0.717) is 21.0 Å². The molecule has 3 aromatic rings. The maximum atomic E-state index is 12.3. The molecule has 1 amide bonds. The molecule has 0 aliphatic rings. The molecule has 0 saturated heterocycles. The van der Waals surface area contributed by atoms with Crippen molar-refractivity contribution < 1.29 is 9.90 Å². The van der Waals surface area contributed by atoms with Gasteiger partial charge in [0.25, 0.3) is 5.91 Å². The number of pyridine rings is 2. The van der Waals surface area contributed by atoms with Gasteiger partial charge in [0.2, 0.25) is 0 Å². The van der Waals surface area contributed by atoms with Gasteiger partial charge in [0.15, 0.2) is 11.4 Å². The Morgan fingerprint density at radius 1 is 1.25 bits per heavy atom. The molecule has 0 aliphatic heterocycles. The van der Waals surface area contributed by atoms with Crippen LogP contribution in [0.3, 0.4) is 0 Å². The van der Waals surface area contributed by atoms with E-state index in [1.54, 1.807) is 30.3 Å². The second kappa shape index (κ2) is 6.51. The van der Waals surface area contributed by atoms with Gasteiger partial charge in [-0.25, -0.2) is 4.98 Å². The summed E-state index contributed by atoms with van der Waals surface area (Å²) in [6.45, 7) is 0.167. The molecule has 0 bridgehead atoms.